The van der Waals surface area contributed by atoms with Gasteiger partial charge in [0.1, 0.15) is 0 Å². The highest BCUT2D eigenvalue weighted by Crippen LogP contribution is 2.38. The molecule has 0 aromatic carbocycles. The summed E-state index contributed by atoms with van der Waals surface area (Å²) in [7, 11) is 0. The molecule has 0 radical (unpaired) electrons. The number of carbonyl (C=O) groups excluding carboxylic acids is 1. The number of amides is 1. The Morgan fingerprint density at radius 1 is 1.23 bits per heavy atom. The molecule has 0 aromatic rings. The number of nitrogens with zero attached hydrogens (tertiary/aromatic N) is 2. The van der Waals surface area contributed by atoms with E-state index in [0.29, 0.717) is 24.5 Å². The summed E-state index contributed by atoms with van der Waals surface area (Å²) in [5.41, 5.74) is 0.302. The lowest BCUT2D eigenvalue weighted by Gasteiger charge is -2.48. The highest BCUT2D eigenvalue weighted by molar-refractivity contribution is 5.77. The van der Waals surface area contributed by atoms with E-state index < -0.39 is 0 Å². The molecule has 1 atom stereocenters. The van der Waals surface area contributed by atoms with E-state index in [1.165, 1.54) is 12.8 Å². The van der Waals surface area contributed by atoms with Crippen LogP contribution in [0.25, 0.3) is 0 Å². The van der Waals surface area contributed by atoms with Crippen LogP contribution >= 0.6 is 0 Å². The fourth-order valence-electron chi connectivity index (χ4n) is 3.85. The van der Waals surface area contributed by atoms with Gasteiger partial charge in [-0.15, -0.1) is 0 Å². The molecule has 0 aliphatic carbocycles. The molecule has 22 heavy (non-hydrogen) atoms. The minimum Gasteiger partial charge on any atom is -0.394 e. The first kappa shape index (κ1) is 17.7. The molecule has 128 valence electrons. The van der Waals surface area contributed by atoms with Crippen LogP contribution < -0.4 is 0 Å². The number of ether oxygens (including phenoxy) is 1. The zero-order valence-corrected chi connectivity index (χ0v) is 14.1. The lowest BCUT2D eigenvalue weighted by molar-refractivity contribution is -0.139. The van der Waals surface area contributed by atoms with Crippen LogP contribution in [0.1, 0.15) is 45.4 Å². The van der Waals surface area contributed by atoms with E-state index >= 15 is 0 Å². The van der Waals surface area contributed by atoms with Crippen LogP contribution in [0.5, 0.6) is 0 Å². The third kappa shape index (κ3) is 4.93. The Kier molecular flexibility index (Phi) is 7.12. The molecule has 5 nitrogen and oxygen atoms in total. The van der Waals surface area contributed by atoms with E-state index in [0.717, 1.165) is 58.4 Å². The van der Waals surface area contributed by atoms with Crippen LogP contribution in [-0.4, -0.2) is 73.4 Å². The minimum atomic E-state index is 0.0957. The molecule has 1 unspecified atom stereocenters. The molecule has 1 N–H and O–H groups in total. The van der Waals surface area contributed by atoms with Crippen molar-refractivity contribution in [2.24, 2.45) is 5.41 Å². The Labute approximate surface area is 134 Å². The van der Waals surface area contributed by atoms with Crippen LogP contribution in [0.2, 0.25) is 0 Å². The summed E-state index contributed by atoms with van der Waals surface area (Å²) in [6.45, 7) is 8.42. The fraction of sp³-hybridized carbons (Fsp3) is 0.941. The lowest BCUT2D eigenvalue weighted by Crippen LogP contribution is -2.54. The number of unbranched alkanes of at least 4 members (excludes halogenated alkanes) is 1. The summed E-state index contributed by atoms with van der Waals surface area (Å²) in [5, 5.41) is 8.75. The van der Waals surface area contributed by atoms with Crippen molar-refractivity contribution in [3.05, 3.63) is 0 Å². The van der Waals surface area contributed by atoms with Crippen molar-refractivity contribution in [3.63, 3.8) is 0 Å². The van der Waals surface area contributed by atoms with Crippen LogP contribution in [0.4, 0.5) is 0 Å². The van der Waals surface area contributed by atoms with Crippen LogP contribution in [0.3, 0.4) is 0 Å². The average molecular weight is 312 g/mol. The molecule has 2 saturated heterocycles. The first-order valence-electron chi connectivity index (χ1n) is 8.88. The molecule has 2 aliphatic heterocycles. The highest BCUT2D eigenvalue weighted by Gasteiger charge is 2.41. The second-order valence-electron chi connectivity index (χ2n) is 6.88. The molecule has 1 amide bonds. The summed E-state index contributed by atoms with van der Waals surface area (Å²) in [4.78, 5) is 16.7. The summed E-state index contributed by atoms with van der Waals surface area (Å²) < 4.78 is 5.40. The molecule has 0 saturated carbocycles. The molecular weight excluding hydrogens is 280 g/mol. The molecule has 2 aliphatic rings. The summed E-state index contributed by atoms with van der Waals surface area (Å²) >= 11 is 0. The lowest BCUT2D eigenvalue weighted by atomic mass is 9.73. The Balaban J connectivity index is 1.84. The fourth-order valence-corrected chi connectivity index (χ4v) is 3.85. The number of hydrogen-bond acceptors (Lipinski definition) is 4. The summed E-state index contributed by atoms with van der Waals surface area (Å²) in [6, 6.07) is 0. The predicted octanol–water partition coefficient (Wildman–Crippen LogP) is 1.50. The molecule has 2 fully saturated rings. The molecule has 0 aromatic heterocycles. The van der Waals surface area contributed by atoms with Crippen molar-refractivity contribution in [1.29, 1.82) is 0 Å². The molecule has 0 bridgehead atoms. The maximum atomic E-state index is 12.1. The SMILES string of the molecule is CCCCN1CC2(CCCN(CCOCCO)C2)CCC1=O. The number of carbonyl (C=O) groups is 1. The van der Waals surface area contributed by atoms with Crippen molar-refractivity contribution in [2.45, 2.75) is 45.4 Å². The third-order valence-electron chi connectivity index (χ3n) is 5.06. The van der Waals surface area contributed by atoms with Gasteiger partial charge in [-0.2, -0.15) is 0 Å². The normalized spacial score (nSPS) is 26.8. The standard InChI is InChI=1S/C17H32N2O3/c1-2-3-9-19-15-17(7-5-16(19)21)6-4-8-18(14-17)10-12-22-13-11-20/h20H,2-15H2,1H3. The Hall–Kier alpha value is -0.650. The Bertz CT molecular complexity index is 351. The van der Waals surface area contributed by atoms with Crippen LogP contribution in [-0.2, 0) is 9.53 Å². The van der Waals surface area contributed by atoms with Gasteiger partial charge >= 0.3 is 0 Å². The maximum absolute atomic E-state index is 12.1. The number of aliphatic hydroxyl groups is 1. The second-order valence-corrected chi connectivity index (χ2v) is 6.88. The Morgan fingerprint density at radius 2 is 2.09 bits per heavy atom. The zero-order chi connectivity index (χ0) is 15.8. The Morgan fingerprint density at radius 3 is 2.86 bits per heavy atom. The quantitative estimate of drug-likeness (QED) is 0.690. The third-order valence-corrected chi connectivity index (χ3v) is 5.06. The van der Waals surface area contributed by atoms with Crippen molar-refractivity contribution < 1.29 is 14.6 Å². The van der Waals surface area contributed by atoms with Gasteiger partial charge in [0.25, 0.3) is 0 Å². The number of likely N-dealkylation sites (tertiary alicyclic amines) is 2. The topological polar surface area (TPSA) is 53.0 Å². The first-order chi connectivity index (χ1) is 10.7. The van der Waals surface area contributed by atoms with Gasteiger partial charge in [0, 0.05) is 38.0 Å². The van der Waals surface area contributed by atoms with Crippen LogP contribution in [0, 0.1) is 5.41 Å². The van der Waals surface area contributed by atoms with E-state index in [4.69, 9.17) is 9.84 Å². The smallest absolute Gasteiger partial charge is 0.222 e. The highest BCUT2D eigenvalue weighted by atomic mass is 16.5. The number of piperidine rings is 2. The van der Waals surface area contributed by atoms with E-state index in [1.54, 1.807) is 0 Å². The minimum absolute atomic E-state index is 0.0957. The first-order valence-corrected chi connectivity index (χ1v) is 8.88. The summed E-state index contributed by atoms with van der Waals surface area (Å²) in [5.74, 6) is 0.350. The van der Waals surface area contributed by atoms with Gasteiger partial charge in [-0.05, 0) is 32.2 Å². The molecule has 5 heteroatoms. The molecule has 1 spiro atoms. The predicted molar refractivity (Wildman–Crippen MR) is 86.7 cm³/mol. The van der Waals surface area contributed by atoms with Crippen molar-refractivity contribution in [3.8, 4) is 0 Å². The number of aliphatic hydroxyl groups excluding tert-OH is 1. The van der Waals surface area contributed by atoms with Gasteiger partial charge in [0.05, 0.1) is 19.8 Å². The van der Waals surface area contributed by atoms with Crippen LogP contribution in [0.15, 0.2) is 0 Å². The zero-order valence-electron chi connectivity index (χ0n) is 14.1. The molecular formula is C17H32N2O3. The van der Waals surface area contributed by atoms with Gasteiger partial charge < -0.3 is 19.6 Å². The molecule has 2 rings (SSSR count). The molecule has 2 heterocycles. The maximum Gasteiger partial charge on any atom is 0.222 e. The van der Waals surface area contributed by atoms with Crippen molar-refractivity contribution in [2.75, 3.05) is 52.5 Å². The second kappa shape index (κ2) is 8.85. The van der Waals surface area contributed by atoms with E-state index in [1.807, 2.05) is 0 Å². The summed E-state index contributed by atoms with van der Waals surface area (Å²) in [6.07, 6.45) is 6.49. The number of hydrogen-bond donors (Lipinski definition) is 1. The van der Waals surface area contributed by atoms with Gasteiger partial charge in [0.15, 0.2) is 0 Å². The van der Waals surface area contributed by atoms with Gasteiger partial charge in [0.2, 0.25) is 5.91 Å². The van der Waals surface area contributed by atoms with Gasteiger partial charge in [-0.25, -0.2) is 0 Å². The average Bonchev–Trinajstić information content (AvgIpc) is 2.53. The number of rotatable bonds is 8. The van der Waals surface area contributed by atoms with Crippen molar-refractivity contribution >= 4 is 5.91 Å². The van der Waals surface area contributed by atoms with Gasteiger partial charge in [-0.1, -0.05) is 13.3 Å². The van der Waals surface area contributed by atoms with E-state index in [9.17, 15) is 4.79 Å². The van der Waals surface area contributed by atoms with E-state index in [2.05, 4.69) is 16.7 Å². The van der Waals surface area contributed by atoms with Crippen molar-refractivity contribution in [1.82, 2.24) is 9.80 Å². The van der Waals surface area contributed by atoms with Gasteiger partial charge in [-0.3, -0.25) is 4.79 Å². The van der Waals surface area contributed by atoms with E-state index in [-0.39, 0.29) is 6.61 Å². The monoisotopic (exact) mass is 312 g/mol. The largest absolute Gasteiger partial charge is 0.394 e.